The highest BCUT2D eigenvalue weighted by atomic mass is 32.2. The molecule has 0 radical (unpaired) electrons. The number of nitrogens with one attached hydrogen (secondary N) is 1. The number of nitrogens with zero attached hydrogens (tertiary/aromatic N) is 2. The van der Waals surface area contributed by atoms with Crippen LogP contribution in [-0.4, -0.2) is 47.7 Å². The maximum atomic E-state index is 13.1. The van der Waals surface area contributed by atoms with E-state index in [0.29, 0.717) is 17.0 Å². The lowest BCUT2D eigenvalue weighted by Gasteiger charge is -2.43. The van der Waals surface area contributed by atoms with Gasteiger partial charge in [0.25, 0.3) is 11.1 Å². The molecule has 4 rings (SSSR count). The number of rotatable bonds is 6. The van der Waals surface area contributed by atoms with Gasteiger partial charge in [-0.15, -0.1) is 0 Å². The van der Waals surface area contributed by atoms with Crippen LogP contribution in [0.25, 0.3) is 11.6 Å². The van der Waals surface area contributed by atoms with E-state index in [-0.39, 0.29) is 17.0 Å². The Balaban J connectivity index is 1.59. The van der Waals surface area contributed by atoms with Gasteiger partial charge in [-0.05, 0) is 94.3 Å². The summed E-state index contributed by atoms with van der Waals surface area (Å²) in [6.45, 7) is 13.0. The van der Waals surface area contributed by atoms with Crippen LogP contribution in [0.2, 0.25) is 0 Å². The summed E-state index contributed by atoms with van der Waals surface area (Å²) in [4.78, 5) is 41.9. The molecule has 1 fully saturated rings. The van der Waals surface area contributed by atoms with Crippen molar-refractivity contribution in [3.8, 4) is 5.75 Å². The minimum Gasteiger partial charge on any atom is -0.496 e. The Kier molecular flexibility index (Phi) is 7.24. The quantitative estimate of drug-likeness (QED) is 0.471. The van der Waals surface area contributed by atoms with E-state index in [4.69, 9.17) is 4.74 Å². The van der Waals surface area contributed by atoms with Crippen LogP contribution in [0.4, 0.5) is 16.2 Å². The minimum atomic E-state index is -0.492. The zero-order valence-corrected chi connectivity index (χ0v) is 23.2. The molecule has 7 nitrogen and oxygen atoms in total. The number of amides is 3. The summed E-state index contributed by atoms with van der Waals surface area (Å²) >= 11 is 0.829. The maximum absolute atomic E-state index is 13.1. The summed E-state index contributed by atoms with van der Waals surface area (Å²) < 4.78 is 5.68. The Morgan fingerprint density at radius 3 is 2.49 bits per heavy atom. The van der Waals surface area contributed by atoms with Crippen molar-refractivity contribution in [1.29, 1.82) is 0 Å². The van der Waals surface area contributed by atoms with Crippen LogP contribution in [0.5, 0.6) is 5.75 Å². The number of allylic oxidation sites excluding steroid dienone is 1. The lowest BCUT2D eigenvalue weighted by molar-refractivity contribution is -0.127. The molecule has 3 amide bonds. The van der Waals surface area contributed by atoms with Gasteiger partial charge in [-0.3, -0.25) is 19.3 Å². The average molecular weight is 520 g/mol. The Morgan fingerprint density at radius 1 is 1.11 bits per heavy atom. The number of fused-ring (bicyclic) bond motifs is 1. The Morgan fingerprint density at radius 2 is 1.84 bits per heavy atom. The van der Waals surface area contributed by atoms with Crippen molar-refractivity contribution in [3.05, 3.63) is 63.6 Å². The van der Waals surface area contributed by atoms with Gasteiger partial charge in [-0.2, -0.15) is 0 Å². The number of aryl methyl sites for hydroxylation is 2. The standard InChI is InChI=1S/C29H33N3O4S/c1-8-32-23-14-24(36-7)20(12-22(23)19(4)15-29(32,5)6)13-25-27(34)31(28(35)37-25)16-26(33)30-21-10-9-17(2)18(3)11-21/h9-15H,8,16H2,1-7H3,(H,30,33)/b25-13+. The first-order valence-electron chi connectivity index (χ1n) is 12.3. The molecule has 0 bridgehead atoms. The fourth-order valence-electron chi connectivity index (χ4n) is 4.93. The van der Waals surface area contributed by atoms with Crippen molar-refractivity contribution >= 4 is 51.8 Å². The Labute approximate surface area is 222 Å². The molecule has 2 aromatic rings. The van der Waals surface area contributed by atoms with Crippen LogP contribution in [0, 0.1) is 13.8 Å². The van der Waals surface area contributed by atoms with Crippen molar-refractivity contribution < 1.29 is 19.1 Å². The smallest absolute Gasteiger partial charge is 0.294 e. The second-order valence-electron chi connectivity index (χ2n) is 9.95. The van der Waals surface area contributed by atoms with E-state index in [1.165, 1.54) is 0 Å². The lowest BCUT2D eigenvalue weighted by atomic mass is 9.87. The van der Waals surface area contributed by atoms with Crippen molar-refractivity contribution in [2.75, 3.05) is 30.4 Å². The second kappa shape index (κ2) is 10.1. The lowest BCUT2D eigenvalue weighted by Crippen LogP contribution is -2.44. The first-order chi connectivity index (χ1) is 17.4. The predicted molar refractivity (Wildman–Crippen MR) is 151 cm³/mol. The zero-order valence-electron chi connectivity index (χ0n) is 22.4. The summed E-state index contributed by atoms with van der Waals surface area (Å²) in [5, 5.41) is 2.30. The summed E-state index contributed by atoms with van der Waals surface area (Å²) in [5.74, 6) is -0.309. The number of ether oxygens (including phenoxy) is 1. The van der Waals surface area contributed by atoms with E-state index >= 15 is 0 Å². The van der Waals surface area contributed by atoms with Gasteiger partial charge in [0.2, 0.25) is 5.91 Å². The molecule has 194 valence electrons. The number of likely N-dealkylation sites (N-methyl/N-ethyl adjacent to an activating group) is 1. The Hall–Kier alpha value is -3.52. The molecule has 0 unspecified atom stereocenters. The van der Waals surface area contributed by atoms with Gasteiger partial charge >= 0.3 is 0 Å². The SMILES string of the molecule is CCN1c2cc(OC)c(/C=C3/SC(=O)N(CC(=O)Nc4ccc(C)c(C)c4)C3=O)cc2C(C)=CC1(C)C. The third-order valence-electron chi connectivity index (χ3n) is 6.90. The van der Waals surface area contributed by atoms with Gasteiger partial charge in [0.15, 0.2) is 0 Å². The summed E-state index contributed by atoms with van der Waals surface area (Å²) in [6, 6.07) is 9.56. The molecule has 0 aromatic heterocycles. The van der Waals surface area contributed by atoms with Crippen molar-refractivity contribution in [1.82, 2.24) is 4.90 Å². The monoisotopic (exact) mass is 519 g/mol. The number of imide groups is 1. The van der Waals surface area contributed by atoms with E-state index in [2.05, 4.69) is 44.0 Å². The highest BCUT2D eigenvalue weighted by Crippen LogP contribution is 2.43. The van der Waals surface area contributed by atoms with Crippen LogP contribution in [0.1, 0.15) is 49.9 Å². The molecular formula is C29H33N3O4S. The molecule has 37 heavy (non-hydrogen) atoms. The number of anilines is 2. The third kappa shape index (κ3) is 5.16. The van der Waals surface area contributed by atoms with Crippen molar-refractivity contribution in [3.63, 3.8) is 0 Å². The summed E-state index contributed by atoms with van der Waals surface area (Å²) in [5.41, 5.74) is 6.61. The molecule has 2 aliphatic rings. The summed E-state index contributed by atoms with van der Waals surface area (Å²) in [7, 11) is 1.59. The molecule has 2 aromatic carbocycles. The third-order valence-corrected chi connectivity index (χ3v) is 7.81. The molecular weight excluding hydrogens is 486 g/mol. The molecule has 2 aliphatic heterocycles. The number of hydrogen-bond acceptors (Lipinski definition) is 6. The largest absolute Gasteiger partial charge is 0.496 e. The molecule has 8 heteroatoms. The van der Waals surface area contributed by atoms with Crippen molar-refractivity contribution in [2.45, 2.75) is 47.1 Å². The minimum absolute atomic E-state index is 0.140. The van der Waals surface area contributed by atoms with Crippen LogP contribution in [-0.2, 0) is 9.59 Å². The van der Waals surface area contributed by atoms with Crippen LogP contribution >= 0.6 is 11.8 Å². The Bertz CT molecular complexity index is 1360. The van der Waals surface area contributed by atoms with E-state index in [0.717, 1.165) is 51.2 Å². The van der Waals surface area contributed by atoms with E-state index in [1.54, 1.807) is 19.3 Å². The molecule has 2 heterocycles. The van der Waals surface area contributed by atoms with Crippen molar-refractivity contribution in [2.24, 2.45) is 0 Å². The van der Waals surface area contributed by atoms with Gasteiger partial charge in [0, 0.05) is 35.1 Å². The molecule has 1 N–H and O–H groups in total. The van der Waals surface area contributed by atoms with Gasteiger partial charge in [0.05, 0.1) is 17.6 Å². The van der Waals surface area contributed by atoms with Gasteiger partial charge < -0.3 is 15.0 Å². The normalized spacial score (nSPS) is 17.7. The first-order valence-corrected chi connectivity index (χ1v) is 13.1. The van der Waals surface area contributed by atoms with E-state index in [9.17, 15) is 14.4 Å². The topological polar surface area (TPSA) is 79.0 Å². The molecule has 0 aliphatic carbocycles. The van der Waals surface area contributed by atoms with Gasteiger partial charge in [-0.25, -0.2) is 0 Å². The molecule has 1 saturated heterocycles. The molecule has 0 atom stereocenters. The highest BCUT2D eigenvalue weighted by Gasteiger charge is 2.37. The van der Waals surface area contributed by atoms with Crippen LogP contribution in [0.3, 0.4) is 0 Å². The zero-order chi connectivity index (χ0) is 27.1. The molecule has 0 spiro atoms. The maximum Gasteiger partial charge on any atom is 0.294 e. The fourth-order valence-corrected chi connectivity index (χ4v) is 5.76. The number of hydrogen-bond donors (Lipinski definition) is 1. The number of methoxy groups -OCH3 is 1. The number of carbonyl (C=O) groups excluding carboxylic acids is 3. The second-order valence-corrected chi connectivity index (χ2v) is 10.9. The number of thioether (sulfide) groups is 1. The fraction of sp³-hybridized carbons (Fsp3) is 0.345. The predicted octanol–water partition coefficient (Wildman–Crippen LogP) is 6.01. The highest BCUT2D eigenvalue weighted by molar-refractivity contribution is 8.18. The first kappa shape index (κ1) is 26.5. The van der Waals surface area contributed by atoms with Crippen LogP contribution < -0.4 is 15.0 Å². The molecule has 0 saturated carbocycles. The number of benzene rings is 2. The summed E-state index contributed by atoms with van der Waals surface area (Å²) in [6.07, 6.45) is 3.91. The van der Waals surface area contributed by atoms with Crippen LogP contribution in [0.15, 0.2) is 41.3 Å². The van der Waals surface area contributed by atoms with Gasteiger partial charge in [-0.1, -0.05) is 12.1 Å². The van der Waals surface area contributed by atoms with E-state index < -0.39 is 17.1 Å². The van der Waals surface area contributed by atoms with Gasteiger partial charge in [0.1, 0.15) is 12.3 Å². The average Bonchev–Trinajstić information content (AvgIpc) is 3.08. The number of carbonyl (C=O) groups is 3. The van der Waals surface area contributed by atoms with E-state index in [1.807, 2.05) is 38.1 Å².